The van der Waals surface area contributed by atoms with Gasteiger partial charge in [0.1, 0.15) is 0 Å². The van der Waals surface area contributed by atoms with Crippen LogP contribution in [0.15, 0.2) is 6.20 Å². The molecule has 1 heterocycles. The van der Waals surface area contributed by atoms with Crippen LogP contribution in [0.2, 0.25) is 4.47 Å². The minimum atomic E-state index is 0.138. The van der Waals surface area contributed by atoms with Crippen molar-refractivity contribution in [3.05, 3.63) is 15.5 Å². The summed E-state index contributed by atoms with van der Waals surface area (Å²) in [6.45, 7) is 0.575. The number of nitrogens with zero attached hydrogens (tertiary/aromatic N) is 1. The van der Waals surface area contributed by atoms with Gasteiger partial charge in [0, 0.05) is 16.5 Å². The first-order chi connectivity index (χ1) is 5.77. The maximum absolute atomic E-state index is 5.73. The summed E-state index contributed by atoms with van der Waals surface area (Å²) < 4.78 is 0.591. The number of hydrogen-bond acceptors (Lipinski definition) is 4. The number of rotatable bonds is 3. The molecule has 0 spiro atoms. The van der Waals surface area contributed by atoms with Gasteiger partial charge in [-0.3, -0.25) is 0 Å². The minimum Gasteiger partial charge on any atom is -0.304 e. The Balaban J connectivity index is 2.18. The molecule has 0 radical (unpaired) electrons. The van der Waals surface area contributed by atoms with Crippen molar-refractivity contribution < 1.29 is 4.84 Å². The van der Waals surface area contributed by atoms with E-state index in [4.69, 9.17) is 17.5 Å². The summed E-state index contributed by atoms with van der Waals surface area (Å²) in [6.07, 6.45) is 4.07. The van der Waals surface area contributed by atoms with Crippen LogP contribution in [0.1, 0.15) is 17.7 Å². The van der Waals surface area contributed by atoms with Crippen LogP contribution in [-0.2, 0) is 10.3 Å². The maximum Gasteiger partial charge on any atom is 0.183 e. The zero-order chi connectivity index (χ0) is 8.60. The van der Waals surface area contributed by atoms with E-state index in [1.807, 2.05) is 6.20 Å². The summed E-state index contributed by atoms with van der Waals surface area (Å²) in [6, 6.07) is 0. The van der Waals surface area contributed by atoms with E-state index < -0.39 is 0 Å². The summed E-state index contributed by atoms with van der Waals surface area (Å²) >= 11 is 7.25. The number of thiazole rings is 1. The second-order valence-corrected chi connectivity index (χ2v) is 4.68. The molecule has 1 saturated carbocycles. The van der Waals surface area contributed by atoms with E-state index >= 15 is 0 Å². The molecule has 1 aromatic rings. The van der Waals surface area contributed by atoms with Gasteiger partial charge in [0.2, 0.25) is 0 Å². The SMILES string of the molecule is NOCC1(c2cnc(Cl)s2)CC1. The third-order valence-corrected chi connectivity index (χ3v) is 3.57. The molecule has 0 saturated heterocycles. The fourth-order valence-corrected chi connectivity index (χ4v) is 2.44. The highest BCUT2D eigenvalue weighted by atomic mass is 35.5. The second-order valence-electron chi connectivity index (χ2n) is 3.07. The monoisotopic (exact) mass is 204 g/mol. The van der Waals surface area contributed by atoms with Crippen molar-refractivity contribution in [2.75, 3.05) is 6.61 Å². The first-order valence-corrected chi connectivity index (χ1v) is 4.90. The molecule has 0 atom stereocenters. The summed E-state index contributed by atoms with van der Waals surface area (Å²) in [5.74, 6) is 5.05. The molecule has 0 aliphatic heterocycles. The molecule has 2 rings (SSSR count). The van der Waals surface area contributed by atoms with E-state index in [0.29, 0.717) is 11.1 Å². The van der Waals surface area contributed by atoms with E-state index in [9.17, 15) is 0 Å². The van der Waals surface area contributed by atoms with Crippen LogP contribution >= 0.6 is 22.9 Å². The quantitative estimate of drug-likeness (QED) is 0.763. The van der Waals surface area contributed by atoms with E-state index in [2.05, 4.69) is 9.82 Å². The Morgan fingerprint density at radius 3 is 2.92 bits per heavy atom. The Labute approximate surface area is 79.5 Å². The van der Waals surface area contributed by atoms with E-state index in [0.717, 1.165) is 12.8 Å². The lowest BCUT2D eigenvalue weighted by Gasteiger charge is -2.08. The number of aromatic nitrogens is 1. The second kappa shape index (κ2) is 2.96. The summed E-state index contributed by atoms with van der Waals surface area (Å²) in [5, 5.41) is 0. The lowest BCUT2D eigenvalue weighted by Crippen LogP contribution is -2.16. The minimum absolute atomic E-state index is 0.138. The smallest absolute Gasteiger partial charge is 0.183 e. The molecule has 1 fully saturated rings. The molecule has 1 aliphatic rings. The molecule has 5 heteroatoms. The highest BCUT2D eigenvalue weighted by molar-refractivity contribution is 7.15. The average molecular weight is 205 g/mol. The first-order valence-electron chi connectivity index (χ1n) is 3.70. The van der Waals surface area contributed by atoms with E-state index in [1.165, 1.54) is 16.2 Å². The topological polar surface area (TPSA) is 48.1 Å². The number of halogens is 1. The van der Waals surface area contributed by atoms with Gasteiger partial charge in [-0.25, -0.2) is 10.9 Å². The zero-order valence-electron chi connectivity index (χ0n) is 6.42. The van der Waals surface area contributed by atoms with Crippen LogP contribution in [0, 0.1) is 0 Å². The lowest BCUT2D eigenvalue weighted by molar-refractivity contribution is 0.117. The van der Waals surface area contributed by atoms with Crippen molar-refractivity contribution in [2.45, 2.75) is 18.3 Å². The Hall–Kier alpha value is -0.160. The van der Waals surface area contributed by atoms with Crippen LogP contribution in [0.25, 0.3) is 0 Å². The molecule has 0 bridgehead atoms. The zero-order valence-corrected chi connectivity index (χ0v) is 7.99. The Morgan fingerprint density at radius 1 is 1.75 bits per heavy atom. The van der Waals surface area contributed by atoms with Crippen molar-refractivity contribution in [1.82, 2.24) is 4.98 Å². The predicted octanol–water partition coefficient (Wildman–Crippen LogP) is 1.72. The summed E-state index contributed by atoms with van der Waals surface area (Å²) in [5.41, 5.74) is 0.138. The van der Waals surface area contributed by atoms with Crippen molar-refractivity contribution >= 4 is 22.9 Å². The average Bonchev–Trinajstić information content (AvgIpc) is 2.69. The van der Waals surface area contributed by atoms with Crippen LogP contribution in [-0.4, -0.2) is 11.6 Å². The fraction of sp³-hybridized carbons (Fsp3) is 0.571. The van der Waals surface area contributed by atoms with Crippen molar-refractivity contribution in [3.63, 3.8) is 0 Å². The maximum atomic E-state index is 5.73. The van der Waals surface area contributed by atoms with Gasteiger partial charge in [-0.15, -0.1) is 11.3 Å². The molecule has 66 valence electrons. The molecule has 2 N–H and O–H groups in total. The number of nitrogens with two attached hydrogens (primary N) is 1. The highest BCUT2D eigenvalue weighted by Crippen LogP contribution is 2.50. The van der Waals surface area contributed by atoms with Gasteiger partial charge in [0.05, 0.1) is 6.61 Å². The molecule has 0 aromatic carbocycles. The van der Waals surface area contributed by atoms with Crippen LogP contribution < -0.4 is 5.90 Å². The summed E-state index contributed by atoms with van der Waals surface area (Å²) in [4.78, 5) is 9.85. The van der Waals surface area contributed by atoms with Gasteiger partial charge in [-0.05, 0) is 12.8 Å². The van der Waals surface area contributed by atoms with Gasteiger partial charge in [-0.1, -0.05) is 11.6 Å². The van der Waals surface area contributed by atoms with Crippen LogP contribution in [0.3, 0.4) is 0 Å². The molecular formula is C7H9ClN2OS. The fourth-order valence-electron chi connectivity index (χ4n) is 1.27. The molecule has 3 nitrogen and oxygen atoms in total. The third-order valence-electron chi connectivity index (χ3n) is 2.21. The molecular weight excluding hydrogens is 196 g/mol. The van der Waals surface area contributed by atoms with Gasteiger partial charge >= 0.3 is 0 Å². The van der Waals surface area contributed by atoms with E-state index in [-0.39, 0.29) is 5.41 Å². The molecule has 0 amide bonds. The molecule has 1 aromatic heterocycles. The third kappa shape index (κ3) is 1.35. The van der Waals surface area contributed by atoms with Crippen molar-refractivity contribution in [3.8, 4) is 0 Å². The molecule has 1 aliphatic carbocycles. The van der Waals surface area contributed by atoms with Gasteiger partial charge < -0.3 is 4.84 Å². The van der Waals surface area contributed by atoms with Gasteiger partial charge in [0.15, 0.2) is 4.47 Å². The van der Waals surface area contributed by atoms with Crippen molar-refractivity contribution in [1.29, 1.82) is 0 Å². The molecule has 0 unspecified atom stereocenters. The standard InChI is InChI=1S/C7H9ClN2OS/c8-6-10-3-5(12-6)7(1-2-7)4-11-9/h3H,1-2,4,9H2. The highest BCUT2D eigenvalue weighted by Gasteiger charge is 2.46. The van der Waals surface area contributed by atoms with Crippen LogP contribution in [0.5, 0.6) is 0 Å². The lowest BCUT2D eigenvalue weighted by atomic mass is 10.1. The Bertz CT molecular complexity index is 285. The number of hydrogen-bond donors (Lipinski definition) is 1. The Morgan fingerprint density at radius 2 is 2.50 bits per heavy atom. The summed E-state index contributed by atoms with van der Waals surface area (Å²) in [7, 11) is 0. The van der Waals surface area contributed by atoms with E-state index in [1.54, 1.807) is 0 Å². The van der Waals surface area contributed by atoms with Gasteiger partial charge in [-0.2, -0.15) is 0 Å². The van der Waals surface area contributed by atoms with Crippen LogP contribution in [0.4, 0.5) is 0 Å². The van der Waals surface area contributed by atoms with Gasteiger partial charge in [0.25, 0.3) is 0 Å². The predicted molar refractivity (Wildman–Crippen MR) is 48.2 cm³/mol. The van der Waals surface area contributed by atoms with Crippen molar-refractivity contribution in [2.24, 2.45) is 5.90 Å². The normalized spacial score (nSPS) is 19.5. The molecule has 12 heavy (non-hydrogen) atoms. The Kier molecular flexibility index (Phi) is 2.08. The first kappa shape index (κ1) is 8.44. The largest absolute Gasteiger partial charge is 0.304 e.